The van der Waals surface area contributed by atoms with Crippen molar-refractivity contribution >= 4 is 21.6 Å². The predicted octanol–water partition coefficient (Wildman–Crippen LogP) is 2.32. The van der Waals surface area contributed by atoms with Crippen LogP contribution < -0.4 is 4.72 Å². The highest BCUT2D eigenvalue weighted by Crippen LogP contribution is 2.32. The van der Waals surface area contributed by atoms with E-state index in [0.29, 0.717) is 18.7 Å². The number of carbonyl (C=O) groups excluding carboxylic acids is 1. The van der Waals surface area contributed by atoms with Crippen LogP contribution in [-0.2, 0) is 21.4 Å². The van der Waals surface area contributed by atoms with E-state index < -0.39 is 15.5 Å². The molecule has 22 heavy (non-hydrogen) atoms. The van der Waals surface area contributed by atoms with Gasteiger partial charge >= 0.3 is 15.5 Å². The van der Waals surface area contributed by atoms with Gasteiger partial charge in [-0.2, -0.15) is 21.6 Å². The number of alkyl halides is 3. The number of benzene rings is 1. The molecule has 1 aromatic rings. The van der Waals surface area contributed by atoms with Crippen LogP contribution in [0.15, 0.2) is 24.3 Å². The quantitative estimate of drug-likeness (QED) is 0.858. The number of rotatable bonds is 4. The largest absolute Gasteiger partial charge is 0.516 e. The Balaban J connectivity index is 2.02. The maximum atomic E-state index is 12.2. The summed E-state index contributed by atoms with van der Waals surface area (Å²) in [4.78, 5) is 13.4. The lowest BCUT2D eigenvalue weighted by Crippen LogP contribution is -2.57. The van der Waals surface area contributed by atoms with Gasteiger partial charge in [-0.1, -0.05) is 12.1 Å². The number of anilines is 1. The first-order chi connectivity index (χ1) is 9.92. The average molecular weight is 336 g/mol. The lowest BCUT2D eigenvalue weighted by molar-refractivity contribution is -0.157. The number of nitrogens with zero attached hydrogens (tertiary/aromatic N) is 1. The van der Waals surface area contributed by atoms with Crippen molar-refractivity contribution in [2.75, 3.05) is 11.3 Å². The van der Waals surface area contributed by atoms with Crippen LogP contribution in [0.5, 0.6) is 0 Å². The summed E-state index contributed by atoms with van der Waals surface area (Å²) >= 11 is 0. The highest BCUT2D eigenvalue weighted by atomic mass is 32.2. The van der Waals surface area contributed by atoms with E-state index in [1.807, 2.05) is 13.8 Å². The molecule has 1 heterocycles. The first-order valence-corrected chi connectivity index (χ1v) is 7.88. The van der Waals surface area contributed by atoms with Gasteiger partial charge < -0.3 is 4.90 Å². The first-order valence-electron chi connectivity index (χ1n) is 6.40. The summed E-state index contributed by atoms with van der Waals surface area (Å²) in [6.07, 6.45) is 0. The van der Waals surface area contributed by atoms with Crippen molar-refractivity contribution in [3.05, 3.63) is 29.8 Å². The first kappa shape index (κ1) is 16.6. The molecule has 1 fully saturated rings. The van der Waals surface area contributed by atoms with Gasteiger partial charge in [-0.3, -0.25) is 9.52 Å². The molecule has 0 unspecified atom stereocenters. The third-order valence-electron chi connectivity index (χ3n) is 3.34. The molecule has 0 spiro atoms. The minimum atomic E-state index is -5.42. The van der Waals surface area contributed by atoms with Gasteiger partial charge in [0.25, 0.3) is 0 Å². The Hall–Kier alpha value is -1.77. The highest BCUT2D eigenvalue weighted by molar-refractivity contribution is 7.93. The number of β-lactam (4-membered cyclic amide) rings is 1. The van der Waals surface area contributed by atoms with Crippen molar-refractivity contribution in [2.24, 2.45) is 5.41 Å². The Bertz CT molecular complexity index is 681. The van der Waals surface area contributed by atoms with Crippen LogP contribution in [0, 0.1) is 5.41 Å². The van der Waals surface area contributed by atoms with Crippen molar-refractivity contribution in [1.29, 1.82) is 0 Å². The van der Waals surface area contributed by atoms with Gasteiger partial charge in [0.2, 0.25) is 5.91 Å². The molecule has 5 nitrogen and oxygen atoms in total. The van der Waals surface area contributed by atoms with Gasteiger partial charge in [0, 0.05) is 18.8 Å². The summed E-state index contributed by atoms with van der Waals surface area (Å²) in [5.74, 6) is 0.00866. The van der Waals surface area contributed by atoms with Crippen LogP contribution in [0.3, 0.4) is 0 Å². The normalized spacial score (nSPS) is 18.0. The number of sulfonamides is 1. The Labute approximate surface area is 126 Å². The fraction of sp³-hybridized carbons (Fsp3) is 0.462. The second-order valence-electron chi connectivity index (χ2n) is 5.79. The summed E-state index contributed by atoms with van der Waals surface area (Å²) in [5.41, 5.74) is -5.21. The van der Waals surface area contributed by atoms with E-state index in [1.165, 1.54) is 29.0 Å². The number of carbonyl (C=O) groups is 1. The molecule has 0 aromatic heterocycles. The van der Waals surface area contributed by atoms with Gasteiger partial charge in [0.15, 0.2) is 0 Å². The maximum Gasteiger partial charge on any atom is 0.516 e. The number of amides is 1. The minimum Gasteiger partial charge on any atom is -0.337 e. The topological polar surface area (TPSA) is 66.5 Å². The molecule has 1 aromatic carbocycles. The Morgan fingerprint density at radius 3 is 2.18 bits per heavy atom. The molecule has 0 bridgehead atoms. The van der Waals surface area contributed by atoms with Crippen molar-refractivity contribution in [3.63, 3.8) is 0 Å². The molecule has 0 atom stereocenters. The number of likely N-dealkylation sites (tertiary alicyclic amines) is 1. The maximum absolute atomic E-state index is 12.2. The Morgan fingerprint density at radius 1 is 1.23 bits per heavy atom. The minimum absolute atomic E-state index is 0.00866. The highest BCUT2D eigenvalue weighted by Gasteiger charge is 2.46. The van der Waals surface area contributed by atoms with Crippen LogP contribution in [0.2, 0.25) is 0 Å². The van der Waals surface area contributed by atoms with E-state index in [4.69, 9.17) is 0 Å². The number of halogens is 3. The molecular weight excluding hydrogens is 321 g/mol. The number of hydrogen-bond donors (Lipinski definition) is 1. The summed E-state index contributed by atoms with van der Waals surface area (Å²) < 4.78 is 60.1. The lowest BCUT2D eigenvalue weighted by Gasteiger charge is -2.44. The van der Waals surface area contributed by atoms with E-state index in [1.54, 1.807) is 4.90 Å². The monoisotopic (exact) mass is 336 g/mol. The molecule has 0 aliphatic carbocycles. The van der Waals surface area contributed by atoms with Crippen molar-refractivity contribution in [2.45, 2.75) is 25.9 Å². The second-order valence-corrected chi connectivity index (χ2v) is 7.47. The lowest BCUT2D eigenvalue weighted by atomic mass is 9.83. The van der Waals surface area contributed by atoms with Crippen LogP contribution >= 0.6 is 0 Å². The molecular formula is C13H15F3N2O3S. The van der Waals surface area contributed by atoms with E-state index in [9.17, 15) is 26.4 Å². The van der Waals surface area contributed by atoms with Crippen LogP contribution in [0.1, 0.15) is 19.4 Å². The second kappa shape index (κ2) is 5.15. The Morgan fingerprint density at radius 2 is 1.77 bits per heavy atom. The summed E-state index contributed by atoms with van der Waals surface area (Å²) in [6, 6.07) is 5.42. The van der Waals surface area contributed by atoms with Crippen molar-refractivity contribution < 1.29 is 26.4 Å². The molecule has 9 heteroatoms. The average Bonchev–Trinajstić information content (AvgIpc) is 2.38. The van der Waals surface area contributed by atoms with Crippen LogP contribution in [0.25, 0.3) is 0 Å². The predicted molar refractivity (Wildman–Crippen MR) is 74.2 cm³/mol. The molecule has 1 saturated heterocycles. The van der Waals surface area contributed by atoms with Crippen molar-refractivity contribution in [3.8, 4) is 0 Å². The molecule has 2 rings (SSSR count). The molecule has 1 aliphatic rings. The van der Waals surface area contributed by atoms with Gasteiger partial charge in [-0.05, 0) is 31.5 Å². The number of nitrogens with one attached hydrogen (secondary N) is 1. The zero-order chi connectivity index (χ0) is 16.8. The van der Waals surface area contributed by atoms with Gasteiger partial charge in [0.05, 0.1) is 5.41 Å². The van der Waals surface area contributed by atoms with Crippen LogP contribution in [0.4, 0.5) is 18.9 Å². The molecule has 0 saturated carbocycles. The van der Waals surface area contributed by atoms with Gasteiger partial charge in [0.1, 0.15) is 0 Å². The van der Waals surface area contributed by atoms with Crippen molar-refractivity contribution in [1.82, 2.24) is 4.90 Å². The molecule has 1 aliphatic heterocycles. The van der Waals surface area contributed by atoms with Crippen LogP contribution in [-0.4, -0.2) is 31.3 Å². The third-order valence-corrected chi connectivity index (χ3v) is 4.45. The van der Waals surface area contributed by atoms with E-state index in [2.05, 4.69) is 0 Å². The zero-order valence-corrected chi connectivity index (χ0v) is 12.8. The Kier molecular flexibility index (Phi) is 3.88. The summed E-state index contributed by atoms with van der Waals surface area (Å²) in [6.45, 7) is 4.62. The van der Waals surface area contributed by atoms with Gasteiger partial charge in [-0.15, -0.1) is 0 Å². The van der Waals surface area contributed by atoms with E-state index >= 15 is 0 Å². The van der Waals surface area contributed by atoms with E-state index in [-0.39, 0.29) is 17.0 Å². The molecule has 122 valence electrons. The summed E-state index contributed by atoms with van der Waals surface area (Å²) in [5, 5.41) is 0. The molecule has 1 amide bonds. The van der Waals surface area contributed by atoms with E-state index in [0.717, 1.165) is 0 Å². The van der Waals surface area contributed by atoms with Gasteiger partial charge in [-0.25, -0.2) is 0 Å². The molecule has 0 radical (unpaired) electrons. The zero-order valence-electron chi connectivity index (χ0n) is 11.9. The third kappa shape index (κ3) is 3.18. The summed E-state index contributed by atoms with van der Waals surface area (Å²) in [7, 11) is -5.42. The smallest absolute Gasteiger partial charge is 0.337 e. The fourth-order valence-electron chi connectivity index (χ4n) is 2.19. The molecule has 1 N–H and O–H groups in total. The standard InChI is InChI=1S/C13H15F3N2O3S/c1-12(2)8-18(11(12)19)7-9-3-5-10(6-4-9)17-22(20,21)13(14,15)16/h3-6,17H,7-8H2,1-2H3. The fourth-order valence-corrected chi connectivity index (χ4v) is 2.75. The number of hydrogen-bond acceptors (Lipinski definition) is 3. The SMILES string of the molecule is CC1(C)CN(Cc2ccc(NS(=O)(=O)C(F)(F)F)cc2)C1=O.